The number of ether oxygens (including phenoxy) is 4. The van der Waals surface area contributed by atoms with Gasteiger partial charge in [-0.2, -0.15) is 0 Å². The molecule has 0 radical (unpaired) electrons. The van der Waals surface area contributed by atoms with Gasteiger partial charge in [0.1, 0.15) is 18.1 Å². The minimum atomic E-state index is -2.33. The van der Waals surface area contributed by atoms with Gasteiger partial charge >= 0.3 is 11.9 Å². The number of hydrogen-bond donors (Lipinski definition) is 12. The van der Waals surface area contributed by atoms with Gasteiger partial charge in [-0.25, -0.2) is 0 Å². The summed E-state index contributed by atoms with van der Waals surface area (Å²) in [6.45, 7) is 6.74. The fraction of sp³-hybridized carbons (Fsp3) is 0.660. The summed E-state index contributed by atoms with van der Waals surface area (Å²) in [5.41, 5.74) is 6.02. The third-order valence-electron chi connectivity index (χ3n) is 12.0. The van der Waals surface area contributed by atoms with Crippen molar-refractivity contribution < 1.29 is 84.7 Å². The second-order valence-corrected chi connectivity index (χ2v) is 17.6. The molecule has 3 aliphatic rings. The summed E-state index contributed by atoms with van der Waals surface area (Å²) in [4.78, 5) is 25.1. The Hall–Kier alpha value is -3.44. The van der Waals surface area contributed by atoms with Crippen molar-refractivity contribution in [1.29, 1.82) is 0 Å². The zero-order valence-electron chi connectivity index (χ0n) is 37.6. The molecule has 0 aromatic heterocycles. The lowest BCUT2D eigenvalue weighted by atomic mass is 9.82. The fourth-order valence-electron chi connectivity index (χ4n) is 7.97. The first kappa shape index (κ1) is 55.9. The maximum absolute atomic E-state index is 12.6. The normalized spacial score (nSPS) is 45.5. The van der Waals surface area contributed by atoms with Gasteiger partial charge in [-0.05, 0) is 33.1 Å². The summed E-state index contributed by atoms with van der Waals surface area (Å²) < 4.78 is 23.1. The highest BCUT2D eigenvalue weighted by Crippen LogP contribution is 2.38. The predicted molar refractivity (Wildman–Crippen MR) is 237 cm³/mol. The molecule has 0 spiro atoms. The molecule has 0 aromatic rings. The summed E-state index contributed by atoms with van der Waals surface area (Å²) in [6.07, 6.45) is 3.46. The van der Waals surface area contributed by atoms with Crippen LogP contribution in [0.1, 0.15) is 79.1 Å². The van der Waals surface area contributed by atoms with E-state index in [-0.39, 0.29) is 31.6 Å². The molecule has 0 amide bonds. The van der Waals surface area contributed by atoms with Gasteiger partial charge in [0.25, 0.3) is 0 Å². The molecule has 18 heteroatoms. The lowest BCUT2D eigenvalue weighted by molar-refractivity contribution is -0.308. The van der Waals surface area contributed by atoms with E-state index in [1.165, 1.54) is 13.0 Å². The first-order valence-electron chi connectivity index (χ1n) is 22.3. The lowest BCUT2D eigenvalue weighted by Crippen LogP contribution is -2.61. The third-order valence-corrected chi connectivity index (χ3v) is 12.0. The van der Waals surface area contributed by atoms with E-state index in [2.05, 4.69) is 0 Å². The van der Waals surface area contributed by atoms with Gasteiger partial charge in [0.05, 0.1) is 79.6 Å². The number of aliphatic hydroxyl groups is 10. The first-order valence-corrected chi connectivity index (χ1v) is 22.3. The van der Waals surface area contributed by atoms with Gasteiger partial charge < -0.3 is 80.9 Å². The fourth-order valence-corrected chi connectivity index (χ4v) is 7.97. The number of aliphatic hydroxyl groups excluding tert-OH is 9. The van der Waals surface area contributed by atoms with Crippen molar-refractivity contribution in [2.24, 2.45) is 23.5 Å². The summed E-state index contributed by atoms with van der Waals surface area (Å²) in [7, 11) is 0. The number of hydrogen-bond acceptors (Lipinski definition) is 17. The number of esters is 1. The maximum Gasteiger partial charge on any atom is 0.311 e. The summed E-state index contributed by atoms with van der Waals surface area (Å²) in [5, 5.41) is 118. The predicted octanol–water partition coefficient (Wildman–Crippen LogP) is 0.712. The van der Waals surface area contributed by atoms with Crippen LogP contribution in [0.25, 0.3) is 0 Å². The summed E-state index contributed by atoms with van der Waals surface area (Å²) in [6, 6.07) is -1.15. The van der Waals surface area contributed by atoms with Gasteiger partial charge in [0, 0.05) is 37.5 Å². The Morgan fingerprint density at radius 2 is 1.23 bits per heavy atom. The average Bonchev–Trinajstić information content (AvgIpc) is 3.21. The quantitative estimate of drug-likeness (QED) is 0.174. The summed E-state index contributed by atoms with van der Waals surface area (Å²) >= 11 is 0. The van der Waals surface area contributed by atoms with Crippen LogP contribution in [0.15, 0.2) is 85.1 Å². The van der Waals surface area contributed by atoms with Crippen molar-refractivity contribution in [2.45, 2.75) is 177 Å². The molecule has 2 fully saturated rings. The van der Waals surface area contributed by atoms with Crippen LogP contribution in [0.4, 0.5) is 0 Å². The Kier molecular flexibility index (Phi) is 23.6. The molecule has 0 aromatic carbocycles. The second kappa shape index (κ2) is 27.4. The van der Waals surface area contributed by atoms with E-state index in [0.717, 1.165) is 0 Å². The molecule has 368 valence electrons. The molecule has 2 saturated heterocycles. The zero-order valence-corrected chi connectivity index (χ0v) is 37.6. The number of fused-ring (bicyclic) bond motifs is 2. The van der Waals surface area contributed by atoms with E-state index in [4.69, 9.17) is 24.7 Å². The van der Waals surface area contributed by atoms with E-state index >= 15 is 0 Å². The molecule has 1 unspecified atom stereocenters. The molecule has 3 aliphatic heterocycles. The molecule has 2 bridgehead atoms. The smallest absolute Gasteiger partial charge is 0.311 e. The highest BCUT2D eigenvalue weighted by Gasteiger charge is 2.51. The lowest BCUT2D eigenvalue weighted by Gasteiger charge is -2.45. The molecule has 3 rings (SSSR count). The second-order valence-electron chi connectivity index (χ2n) is 17.6. The van der Waals surface area contributed by atoms with Crippen LogP contribution in [0.5, 0.6) is 0 Å². The van der Waals surface area contributed by atoms with Crippen LogP contribution >= 0.6 is 0 Å². The van der Waals surface area contributed by atoms with Gasteiger partial charge in [-0.3, -0.25) is 9.59 Å². The number of carbonyl (C=O) groups excluding carboxylic acids is 1. The van der Waals surface area contributed by atoms with Crippen molar-refractivity contribution >= 4 is 11.9 Å². The van der Waals surface area contributed by atoms with Gasteiger partial charge in [0.2, 0.25) is 0 Å². The molecule has 65 heavy (non-hydrogen) atoms. The number of allylic oxidation sites excluding steroid dienone is 12. The van der Waals surface area contributed by atoms with Crippen LogP contribution in [0.2, 0.25) is 0 Å². The van der Waals surface area contributed by atoms with Gasteiger partial charge in [-0.1, -0.05) is 98.9 Å². The SMILES string of the molecule is C[C@@H]1[C@H](O)[C@@H](C)/C=C/C=C/C=C/C=C/C=C/C=C/C=C/[C@H](O[C@@H]2O[C@H](C)[C@@H](O)[C@H](N)[C@@H]2O)CC2O[C@](O)(C[C@@H](O)C[C@H](O)[C@H](O)CC[C@H](O)C[C@@H](O)CC(=O)O[C@H]1C)C[C@H](O)[C@H]2C(=O)O. The Morgan fingerprint density at radius 3 is 1.82 bits per heavy atom. The average molecular weight is 924 g/mol. The monoisotopic (exact) mass is 923 g/mol. The molecule has 0 saturated carbocycles. The topological polar surface area (TPSA) is 320 Å². The minimum Gasteiger partial charge on any atom is -0.481 e. The van der Waals surface area contributed by atoms with Crippen LogP contribution in [-0.2, 0) is 28.5 Å². The molecule has 0 aliphatic carbocycles. The molecular formula is C47H73NO17. The minimum absolute atomic E-state index is 0.107. The standard InChI is InChI=1S/C47H73NO17/c1-27-17-15-13-11-9-7-5-6-8-10-12-14-16-18-34(64-46-44(58)41(48)43(57)30(4)63-46)24-38-40(45(59)60)37(54)26-47(61,65-38)25-33(51)22-36(53)35(52)20-19-31(49)21-32(50)23-39(55)62-29(3)28(2)42(27)56/h5-18,27-38,40-44,46,49-54,56-58,61H,19-26,48H2,1-4H3,(H,59,60)/b6-5+,9-7+,10-8+,13-11+,14-12+,17-15+,18-16+/t27-,28-,29-,30+,31-,32+,33-,34-,35+,36-,37-,38?,40+,41-,42+,43+,44-,46-,47+/m0/s1. The van der Waals surface area contributed by atoms with E-state index in [1.807, 2.05) is 19.1 Å². The maximum atomic E-state index is 12.6. The Bertz CT molecular complexity index is 1670. The zero-order chi connectivity index (χ0) is 48.4. The van der Waals surface area contributed by atoms with Gasteiger partial charge in [-0.15, -0.1) is 0 Å². The highest BCUT2D eigenvalue weighted by molar-refractivity contribution is 5.71. The first-order chi connectivity index (χ1) is 30.6. The number of rotatable bonds is 3. The number of carbonyl (C=O) groups is 2. The number of carboxylic acids is 1. The molecule has 13 N–H and O–H groups in total. The Morgan fingerprint density at radius 1 is 0.662 bits per heavy atom. The van der Waals surface area contributed by atoms with E-state index in [1.54, 1.807) is 80.7 Å². The Balaban J connectivity index is 1.86. The van der Waals surface area contributed by atoms with Crippen molar-refractivity contribution in [3.8, 4) is 0 Å². The van der Waals surface area contributed by atoms with E-state index in [9.17, 15) is 65.8 Å². The molecule has 3 heterocycles. The number of cyclic esters (lactones) is 1. The molecule has 19 atom stereocenters. The van der Waals surface area contributed by atoms with Gasteiger partial charge in [0.15, 0.2) is 12.1 Å². The van der Waals surface area contributed by atoms with E-state index in [0.29, 0.717) is 0 Å². The van der Waals surface area contributed by atoms with E-state index < -0.39 is 147 Å². The van der Waals surface area contributed by atoms with Crippen LogP contribution < -0.4 is 5.73 Å². The summed E-state index contributed by atoms with van der Waals surface area (Å²) in [5.74, 6) is -6.83. The van der Waals surface area contributed by atoms with Crippen LogP contribution in [-0.4, -0.2) is 166 Å². The van der Waals surface area contributed by atoms with Crippen molar-refractivity contribution in [3.63, 3.8) is 0 Å². The number of carboxylic acid groups (broad SMARTS) is 1. The number of nitrogens with two attached hydrogens (primary N) is 1. The van der Waals surface area contributed by atoms with Crippen molar-refractivity contribution in [3.05, 3.63) is 85.1 Å². The van der Waals surface area contributed by atoms with Crippen molar-refractivity contribution in [2.75, 3.05) is 0 Å². The van der Waals surface area contributed by atoms with Crippen LogP contribution in [0.3, 0.4) is 0 Å². The van der Waals surface area contributed by atoms with Crippen molar-refractivity contribution in [1.82, 2.24) is 0 Å². The highest BCUT2D eigenvalue weighted by atomic mass is 16.7. The molecular weight excluding hydrogens is 851 g/mol. The largest absolute Gasteiger partial charge is 0.481 e. The van der Waals surface area contributed by atoms with Crippen LogP contribution in [0, 0.1) is 17.8 Å². The molecule has 18 nitrogen and oxygen atoms in total. The number of aliphatic carboxylic acids is 1. The third kappa shape index (κ3) is 18.6. The Labute approximate surface area is 381 Å².